The summed E-state index contributed by atoms with van der Waals surface area (Å²) in [5, 5.41) is 21.5. The molecule has 0 aliphatic carbocycles. The van der Waals surface area contributed by atoms with E-state index in [1.165, 1.54) is 19.1 Å². The fraction of sp³-hybridized carbons (Fsp3) is 0.417. The van der Waals surface area contributed by atoms with E-state index in [9.17, 15) is 15.0 Å². The van der Waals surface area contributed by atoms with Crippen LogP contribution in [0.2, 0.25) is 0 Å². The Morgan fingerprint density at radius 1 is 1.38 bits per heavy atom. The molecule has 0 saturated carbocycles. The fourth-order valence-corrected chi connectivity index (χ4v) is 1.48. The molecular weight excluding hydrogens is 206 g/mol. The third kappa shape index (κ3) is 2.52. The maximum Gasteiger partial charge on any atom is 0.157 e. The fourth-order valence-electron chi connectivity index (χ4n) is 1.48. The van der Waals surface area contributed by atoms with Crippen molar-refractivity contribution >= 4 is 5.78 Å². The second kappa shape index (κ2) is 4.53. The lowest BCUT2D eigenvalue weighted by molar-refractivity contribution is -0.122. The van der Waals surface area contributed by atoms with Gasteiger partial charge in [-0.1, -0.05) is 6.07 Å². The molecule has 0 heterocycles. The van der Waals surface area contributed by atoms with Crippen molar-refractivity contribution in [2.24, 2.45) is 0 Å². The molecule has 1 atom stereocenters. The molecule has 0 spiro atoms. The molecule has 0 amide bonds. The zero-order chi connectivity index (χ0) is 12.3. The van der Waals surface area contributed by atoms with Crippen molar-refractivity contribution in [3.05, 3.63) is 23.8 Å². The molecule has 1 rings (SSSR count). The molecule has 3 N–H and O–H groups in total. The van der Waals surface area contributed by atoms with Crippen molar-refractivity contribution in [3.8, 4) is 11.5 Å². The lowest BCUT2D eigenvalue weighted by Crippen LogP contribution is -2.48. The van der Waals surface area contributed by atoms with Crippen LogP contribution in [0.3, 0.4) is 0 Å². The lowest BCUT2D eigenvalue weighted by atomic mass is 9.89. The van der Waals surface area contributed by atoms with Crippen LogP contribution in [-0.2, 0) is 11.2 Å². The molecule has 4 nitrogen and oxygen atoms in total. The number of rotatable bonds is 4. The first-order valence-electron chi connectivity index (χ1n) is 5.10. The Kier molecular flexibility index (Phi) is 3.55. The van der Waals surface area contributed by atoms with E-state index in [4.69, 9.17) is 0 Å². The topological polar surface area (TPSA) is 69.6 Å². The maximum absolute atomic E-state index is 11.5. The van der Waals surface area contributed by atoms with Crippen LogP contribution in [0.4, 0.5) is 0 Å². The highest BCUT2D eigenvalue weighted by Gasteiger charge is 2.27. The van der Waals surface area contributed by atoms with Crippen LogP contribution >= 0.6 is 0 Å². The molecule has 0 bridgehead atoms. The third-order valence-electron chi connectivity index (χ3n) is 2.93. The second-order valence-electron chi connectivity index (χ2n) is 4.14. The summed E-state index contributed by atoms with van der Waals surface area (Å²) in [6.45, 7) is 3.33. The van der Waals surface area contributed by atoms with Crippen molar-refractivity contribution in [2.45, 2.75) is 25.8 Å². The average Bonchev–Trinajstić information content (AvgIpc) is 2.23. The van der Waals surface area contributed by atoms with Gasteiger partial charge in [0.15, 0.2) is 11.5 Å². The number of phenolic OH excluding ortho intramolecular Hbond substituents is 2. The number of phenols is 2. The zero-order valence-electron chi connectivity index (χ0n) is 9.74. The van der Waals surface area contributed by atoms with Gasteiger partial charge < -0.3 is 15.5 Å². The number of likely N-dealkylation sites (N-methyl/N-ethyl adjacent to an activating group) is 1. The lowest BCUT2D eigenvalue weighted by Gasteiger charge is -2.26. The number of aromatic hydroxyl groups is 2. The molecule has 1 aromatic carbocycles. The highest BCUT2D eigenvalue weighted by Crippen LogP contribution is 2.26. The second-order valence-corrected chi connectivity index (χ2v) is 4.14. The minimum absolute atomic E-state index is 0.0302. The number of carbonyl (C=O) groups is 1. The first-order valence-corrected chi connectivity index (χ1v) is 5.10. The Labute approximate surface area is 94.9 Å². The SMILES string of the molecule is CNC(C)(Cc1ccc(O)c(O)c1)C(C)=O. The first-order chi connectivity index (χ1) is 7.39. The smallest absolute Gasteiger partial charge is 0.157 e. The predicted molar refractivity (Wildman–Crippen MR) is 61.6 cm³/mol. The molecule has 0 aliphatic rings. The third-order valence-corrected chi connectivity index (χ3v) is 2.93. The predicted octanol–water partition coefficient (Wildman–Crippen LogP) is 1.21. The maximum atomic E-state index is 11.5. The first kappa shape index (κ1) is 12.5. The molecule has 4 heteroatoms. The van der Waals surface area contributed by atoms with Crippen LogP contribution in [0.15, 0.2) is 18.2 Å². The summed E-state index contributed by atoms with van der Waals surface area (Å²) in [5.74, 6) is -0.292. The molecule has 88 valence electrons. The van der Waals surface area contributed by atoms with Crippen molar-refractivity contribution in [1.82, 2.24) is 5.32 Å². The summed E-state index contributed by atoms with van der Waals surface area (Å²) < 4.78 is 0. The van der Waals surface area contributed by atoms with Gasteiger partial charge in [0.25, 0.3) is 0 Å². The molecule has 0 fully saturated rings. The number of ketones is 1. The summed E-state index contributed by atoms with van der Waals surface area (Å²) in [6.07, 6.45) is 0.465. The highest BCUT2D eigenvalue weighted by atomic mass is 16.3. The summed E-state index contributed by atoms with van der Waals surface area (Å²) >= 11 is 0. The van der Waals surface area contributed by atoms with Crippen molar-refractivity contribution in [1.29, 1.82) is 0 Å². The Morgan fingerprint density at radius 3 is 2.44 bits per heavy atom. The molecule has 0 radical (unpaired) electrons. The van der Waals surface area contributed by atoms with Crippen molar-refractivity contribution < 1.29 is 15.0 Å². The van der Waals surface area contributed by atoms with E-state index in [1.807, 2.05) is 0 Å². The normalized spacial score (nSPS) is 14.4. The number of hydrogen-bond acceptors (Lipinski definition) is 4. The Balaban J connectivity index is 2.95. The highest BCUT2D eigenvalue weighted by molar-refractivity contribution is 5.86. The van der Waals surface area contributed by atoms with Crippen LogP contribution in [0, 0.1) is 0 Å². The standard InChI is InChI=1S/C12H17NO3/c1-8(14)12(2,13-3)7-9-4-5-10(15)11(16)6-9/h4-6,13,15-16H,7H2,1-3H3. The monoisotopic (exact) mass is 223 g/mol. The molecule has 0 aliphatic heterocycles. The van der Waals surface area contributed by atoms with E-state index in [1.54, 1.807) is 20.0 Å². The van der Waals surface area contributed by atoms with E-state index in [-0.39, 0.29) is 17.3 Å². The average molecular weight is 223 g/mol. The number of hydrogen-bond donors (Lipinski definition) is 3. The summed E-state index contributed by atoms with van der Waals surface area (Å²) in [7, 11) is 1.72. The minimum atomic E-state index is -0.649. The Bertz CT molecular complexity index is 403. The van der Waals surface area contributed by atoms with Gasteiger partial charge in [0.1, 0.15) is 5.78 Å². The van der Waals surface area contributed by atoms with E-state index in [0.717, 1.165) is 5.56 Å². The van der Waals surface area contributed by atoms with Crippen LogP contribution in [0.1, 0.15) is 19.4 Å². The molecule has 0 saturated heterocycles. The molecule has 1 unspecified atom stereocenters. The summed E-state index contributed by atoms with van der Waals surface area (Å²) in [4.78, 5) is 11.5. The van der Waals surface area contributed by atoms with Gasteiger partial charge in [-0.15, -0.1) is 0 Å². The van der Waals surface area contributed by atoms with Crippen LogP contribution < -0.4 is 5.32 Å². The molecule has 0 aromatic heterocycles. The van der Waals surface area contributed by atoms with Gasteiger partial charge in [0.2, 0.25) is 0 Å². The quantitative estimate of drug-likeness (QED) is 0.671. The largest absolute Gasteiger partial charge is 0.504 e. The minimum Gasteiger partial charge on any atom is -0.504 e. The van der Waals surface area contributed by atoms with E-state index in [2.05, 4.69) is 5.32 Å². The Morgan fingerprint density at radius 2 is 2.00 bits per heavy atom. The number of carbonyl (C=O) groups excluding carboxylic acids is 1. The zero-order valence-corrected chi connectivity index (χ0v) is 9.74. The van der Waals surface area contributed by atoms with E-state index < -0.39 is 5.54 Å². The number of nitrogens with one attached hydrogen (secondary N) is 1. The van der Waals surface area contributed by atoms with Crippen molar-refractivity contribution in [3.63, 3.8) is 0 Å². The van der Waals surface area contributed by atoms with Gasteiger partial charge in [-0.25, -0.2) is 0 Å². The van der Waals surface area contributed by atoms with Gasteiger partial charge in [-0.3, -0.25) is 4.79 Å². The molecule has 1 aromatic rings. The van der Waals surface area contributed by atoms with Crippen LogP contribution in [0.25, 0.3) is 0 Å². The van der Waals surface area contributed by atoms with Gasteiger partial charge >= 0.3 is 0 Å². The van der Waals surface area contributed by atoms with Gasteiger partial charge in [-0.2, -0.15) is 0 Å². The molecule has 16 heavy (non-hydrogen) atoms. The Hall–Kier alpha value is -1.55. The van der Waals surface area contributed by atoms with Crippen molar-refractivity contribution in [2.75, 3.05) is 7.05 Å². The van der Waals surface area contributed by atoms with E-state index in [0.29, 0.717) is 6.42 Å². The summed E-state index contributed by atoms with van der Waals surface area (Å²) in [5.41, 5.74) is 0.144. The van der Waals surface area contributed by atoms with Gasteiger partial charge in [0.05, 0.1) is 5.54 Å². The number of Topliss-reactive ketones (excluding diaryl/α,β-unsaturated/α-hetero) is 1. The van der Waals surface area contributed by atoms with Gasteiger partial charge in [-0.05, 0) is 45.0 Å². The number of benzene rings is 1. The molecular formula is C12H17NO3. The van der Waals surface area contributed by atoms with E-state index >= 15 is 0 Å². The summed E-state index contributed by atoms with van der Waals surface area (Å²) in [6, 6.07) is 4.57. The van der Waals surface area contributed by atoms with Crippen LogP contribution in [0.5, 0.6) is 11.5 Å². The van der Waals surface area contributed by atoms with Gasteiger partial charge in [0, 0.05) is 0 Å². The van der Waals surface area contributed by atoms with Crippen LogP contribution in [-0.4, -0.2) is 28.6 Å².